The van der Waals surface area contributed by atoms with E-state index in [-0.39, 0.29) is 24.2 Å². The van der Waals surface area contributed by atoms with E-state index in [1.54, 1.807) is 19.5 Å². The smallest absolute Gasteiger partial charge is 0.350 e. The van der Waals surface area contributed by atoms with Gasteiger partial charge in [-0.1, -0.05) is 41.6 Å². The minimum atomic E-state index is -0.387. The average molecular weight is 464 g/mol. The van der Waals surface area contributed by atoms with Crippen molar-refractivity contribution in [3.63, 3.8) is 0 Å². The predicted octanol–water partition coefficient (Wildman–Crippen LogP) is 3.55. The number of ether oxygens (including phenoxy) is 1. The lowest BCUT2D eigenvalue weighted by Crippen LogP contribution is -2.34. The van der Waals surface area contributed by atoms with Gasteiger partial charge in [0.2, 0.25) is 5.91 Å². The van der Waals surface area contributed by atoms with Crippen LogP contribution in [-0.4, -0.2) is 32.2 Å². The number of fused-ring (bicyclic) bond motifs is 1. The third kappa shape index (κ3) is 4.93. The lowest BCUT2D eigenvalue weighted by molar-refractivity contribution is -0.122. The number of hydrogen-bond donors (Lipinski definition) is 1. The molecule has 4 rings (SSSR count). The SMILES string of the molecule is COc1ccc([C@H](C)NC(=O)Cn2nc3c(Sc4ccc(C)cc4C)nccn3c2=O)cc1. The molecule has 0 aliphatic carbocycles. The fraction of sp³-hybridized carbons (Fsp3) is 0.250. The van der Waals surface area contributed by atoms with Crippen molar-refractivity contribution in [1.82, 2.24) is 24.5 Å². The van der Waals surface area contributed by atoms with Gasteiger partial charge >= 0.3 is 5.69 Å². The van der Waals surface area contributed by atoms with E-state index in [1.165, 1.54) is 26.4 Å². The zero-order chi connectivity index (χ0) is 23.5. The molecule has 170 valence electrons. The lowest BCUT2D eigenvalue weighted by atomic mass is 10.1. The fourth-order valence-corrected chi connectivity index (χ4v) is 4.43. The molecule has 0 fully saturated rings. The largest absolute Gasteiger partial charge is 0.497 e. The van der Waals surface area contributed by atoms with E-state index in [0.29, 0.717) is 10.7 Å². The summed E-state index contributed by atoms with van der Waals surface area (Å²) in [7, 11) is 1.61. The first-order chi connectivity index (χ1) is 15.9. The Morgan fingerprint density at radius 1 is 1.18 bits per heavy atom. The summed E-state index contributed by atoms with van der Waals surface area (Å²) < 4.78 is 7.75. The third-order valence-corrected chi connectivity index (χ3v) is 6.45. The second-order valence-corrected chi connectivity index (χ2v) is 8.83. The number of nitrogens with one attached hydrogen (secondary N) is 1. The summed E-state index contributed by atoms with van der Waals surface area (Å²) in [5.74, 6) is 0.442. The monoisotopic (exact) mass is 463 g/mol. The number of carbonyl (C=O) groups is 1. The van der Waals surface area contributed by atoms with Crippen LogP contribution in [0.4, 0.5) is 0 Å². The number of benzene rings is 2. The highest BCUT2D eigenvalue weighted by Crippen LogP contribution is 2.31. The summed E-state index contributed by atoms with van der Waals surface area (Å²) in [6.45, 7) is 5.78. The van der Waals surface area contributed by atoms with Crippen LogP contribution in [0.1, 0.15) is 29.7 Å². The van der Waals surface area contributed by atoms with Crippen LogP contribution in [0.15, 0.2) is 69.6 Å². The molecule has 0 spiro atoms. The number of aromatic nitrogens is 4. The van der Waals surface area contributed by atoms with E-state index >= 15 is 0 Å². The van der Waals surface area contributed by atoms with Crippen LogP contribution in [0.25, 0.3) is 5.65 Å². The van der Waals surface area contributed by atoms with Crippen LogP contribution in [-0.2, 0) is 11.3 Å². The Bertz CT molecular complexity index is 1360. The number of methoxy groups -OCH3 is 1. The highest BCUT2D eigenvalue weighted by molar-refractivity contribution is 7.99. The second kappa shape index (κ2) is 9.50. The van der Waals surface area contributed by atoms with E-state index < -0.39 is 0 Å². The zero-order valence-electron chi connectivity index (χ0n) is 18.9. The number of aryl methyl sites for hydroxylation is 2. The molecule has 1 N–H and O–H groups in total. The Morgan fingerprint density at radius 3 is 2.64 bits per heavy atom. The van der Waals surface area contributed by atoms with Crippen molar-refractivity contribution in [2.24, 2.45) is 0 Å². The molecule has 0 aliphatic heterocycles. The molecule has 2 aromatic carbocycles. The van der Waals surface area contributed by atoms with Crippen molar-refractivity contribution >= 4 is 23.3 Å². The van der Waals surface area contributed by atoms with Gasteiger partial charge in [-0.15, -0.1) is 5.10 Å². The molecule has 8 nitrogen and oxygen atoms in total. The Balaban J connectivity index is 1.53. The van der Waals surface area contributed by atoms with Crippen molar-refractivity contribution in [2.45, 2.75) is 43.3 Å². The van der Waals surface area contributed by atoms with E-state index in [9.17, 15) is 9.59 Å². The lowest BCUT2D eigenvalue weighted by Gasteiger charge is -2.14. The van der Waals surface area contributed by atoms with Crippen LogP contribution in [0.2, 0.25) is 0 Å². The normalized spacial score (nSPS) is 12.0. The van der Waals surface area contributed by atoms with Crippen LogP contribution in [0.3, 0.4) is 0 Å². The second-order valence-electron chi connectivity index (χ2n) is 7.80. The Morgan fingerprint density at radius 2 is 1.94 bits per heavy atom. The van der Waals surface area contributed by atoms with Crippen LogP contribution in [0.5, 0.6) is 5.75 Å². The Kier molecular flexibility index (Phi) is 6.50. The van der Waals surface area contributed by atoms with Crippen molar-refractivity contribution < 1.29 is 9.53 Å². The van der Waals surface area contributed by atoms with Crippen molar-refractivity contribution in [1.29, 1.82) is 0 Å². The van der Waals surface area contributed by atoms with E-state index in [2.05, 4.69) is 21.5 Å². The summed E-state index contributed by atoms with van der Waals surface area (Å²) in [6.07, 6.45) is 3.13. The summed E-state index contributed by atoms with van der Waals surface area (Å²) in [5.41, 5.74) is 3.27. The molecule has 0 saturated carbocycles. The topological polar surface area (TPSA) is 90.5 Å². The van der Waals surface area contributed by atoms with E-state index in [4.69, 9.17) is 4.74 Å². The minimum Gasteiger partial charge on any atom is -0.497 e. The van der Waals surface area contributed by atoms with Gasteiger partial charge in [-0.25, -0.2) is 18.9 Å². The molecule has 0 bridgehead atoms. The molecule has 33 heavy (non-hydrogen) atoms. The van der Waals surface area contributed by atoms with Gasteiger partial charge in [0.05, 0.1) is 13.2 Å². The van der Waals surface area contributed by atoms with Crippen LogP contribution >= 0.6 is 11.8 Å². The zero-order valence-corrected chi connectivity index (χ0v) is 19.7. The molecule has 0 saturated heterocycles. The van der Waals surface area contributed by atoms with Crippen molar-refractivity contribution in [2.75, 3.05) is 7.11 Å². The van der Waals surface area contributed by atoms with Crippen LogP contribution in [0, 0.1) is 13.8 Å². The molecule has 9 heteroatoms. The molecule has 0 aliphatic rings. The third-order valence-electron chi connectivity index (χ3n) is 5.29. The molecule has 0 radical (unpaired) electrons. The average Bonchev–Trinajstić information content (AvgIpc) is 3.11. The fourth-order valence-electron chi connectivity index (χ4n) is 3.52. The van der Waals surface area contributed by atoms with E-state index in [1.807, 2.05) is 57.2 Å². The first-order valence-electron chi connectivity index (χ1n) is 10.5. The maximum Gasteiger partial charge on any atom is 0.350 e. The molecular formula is C24H25N5O3S. The van der Waals surface area contributed by atoms with Crippen molar-refractivity contribution in [3.8, 4) is 5.75 Å². The molecule has 1 amide bonds. The number of nitrogens with zero attached hydrogens (tertiary/aromatic N) is 4. The molecule has 0 unspecified atom stereocenters. The quantitative estimate of drug-likeness (QED) is 0.451. The highest BCUT2D eigenvalue weighted by Gasteiger charge is 2.17. The van der Waals surface area contributed by atoms with Gasteiger partial charge in [0.25, 0.3) is 0 Å². The van der Waals surface area contributed by atoms with Gasteiger partial charge in [0, 0.05) is 17.3 Å². The molecular weight excluding hydrogens is 438 g/mol. The molecule has 2 aromatic heterocycles. The Labute approximate surface area is 195 Å². The van der Waals surface area contributed by atoms with E-state index in [0.717, 1.165) is 21.8 Å². The van der Waals surface area contributed by atoms with Gasteiger partial charge in [-0.3, -0.25) is 4.79 Å². The van der Waals surface area contributed by atoms with Gasteiger partial charge in [0.15, 0.2) is 5.65 Å². The first kappa shape index (κ1) is 22.6. The highest BCUT2D eigenvalue weighted by atomic mass is 32.2. The number of rotatable bonds is 7. The predicted molar refractivity (Wildman–Crippen MR) is 127 cm³/mol. The summed E-state index contributed by atoms with van der Waals surface area (Å²) in [6, 6.07) is 13.4. The van der Waals surface area contributed by atoms with Crippen LogP contribution < -0.4 is 15.7 Å². The van der Waals surface area contributed by atoms with Crippen molar-refractivity contribution in [3.05, 3.63) is 82.0 Å². The number of carbonyl (C=O) groups excluding carboxylic acids is 1. The number of amides is 1. The maximum absolute atomic E-state index is 12.8. The van der Waals surface area contributed by atoms with Gasteiger partial charge < -0.3 is 10.1 Å². The Hall–Kier alpha value is -3.59. The van der Waals surface area contributed by atoms with Gasteiger partial charge in [-0.05, 0) is 50.1 Å². The maximum atomic E-state index is 12.8. The minimum absolute atomic E-state index is 0.186. The summed E-state index contributed by atoms with van der Waals surface area (Å²) >= 11 is 1.45. The van der Waals surface area contributed by atoms with Gasteiger partial charge in [0.1, 0.15) is 17.3 Å². The standard InChI is InChI=1S/C24H25N5O3S/c1-15-5-10-20(16(2)13-15)33-23-22-27-29(24(31)28(22)12-11-25-23)14-21(30)26-17(3)18-6-8-19(32-4)9-7-18/h5-13,17H,14H2,1-4H3,(H,26,30)/t17-/m0/s1. The number of hydrogen-bond acceptors (Lipinski definition) is 6. The molecule has 2 heterocycles. The van der Waals surface area contributed by atoms with Gasteiger partial charge in [-0.2, -0.15) is 0 Å². The first-order valence-corrected chi connectivity index (χ1v) is 11.3. The molecule has 1 atom stereocenters. The summed E-state index contributed by atoms with van der Waals surface area (Å²) in [4.78, 5) is 30.9. The summed E-state index contributed by atoms with van der Waals surface area (Å²) in [5, 5.41) is 7.92. The molecule has 4 aromatic rings.